The topological polar surface area (TPSA) is 15.3 Å². The van der Waals surface area contributed by atoms with E-state index in [-0.39, 0.29) is 0 Å². The Bertz CT molecular complexity index is 213. The largest absolute Gasteiger partial charge is 0.316 e. The molecular weight excluding hydrogens is 208 g/mol. The maximum Gasteiger partial charge on any atom is 0.000528 e. The summed E-state index contributed by atoms with van der Waals surface area (Å²) in [5.41, 5.74) is 0.601. The van der Waals surface area contributed by atoms with Crippen molar-refractivity contribution in [1.29, 1.82) is 0 Å². The predicted octanol–water partition coefficient (Wildman–Crippen LogP) is 2.89. The minimum absolute atomic E-state index is 0.601. The Kier molecular flexibility index (Phi) is 4.87. The second-order valence-electron chi connectivity index (χ2n) is 6.75. The summed E-state index contributed by atoms with van der Waals surface area (Å²) in [5.74, 6) is 0.929. The third-order valence-electron chi connectivity index (χ3n) is 4.88. The van der Waals surface area contributed by atoms with Crippen LogP contribution in [0.1, 0.15) is 51.9 Å². The van der Waals surface area contributed by atoms with Crippen molar-refractivity contribution in [2.45, 2.75) is 51.9 Å². The minimum Gasteiger partial charge on any atom is -0.316 e. The molecule has 100 valence electrons. The van der Waals surface area contributed by atoms with Gasteiger partial charge in [0.1, 0.15) is 0 Å². The van der Waals surface area contributed by atoms with E-state index in [1.165, 1.54) is 71.1 Å². The third-order valence-corrected chi connectivity index (χ3v) is 4.88. The van der Waals surface area contributed by atoms with Crippen molar-refractivity contribution >= 4 is 0 Å². The first-order valence-corrected chi connectivity index (χ1v) is 7.57. The van der Waals surface area contributed by atoms with Gasteiger partial charge in [-0.1, -0.05) is 26.2 Å². The van der Waals surface area contributed by atoms with Crippen LogP contribution in [-0.2, 0) is 0 Å². The number of hydrogen-bond acceptors (Lipinski definition) is 2. The molecule has 1 N–H and O–H groups in total. The summed E-state index contributed by atoms with van der Waals surface area (Å²) in [5, 5.41) is 3.76. The molecule has 17 heavy (non-hydrogen) atoms. The fourth-order valence-corrected chi connectivity index (χ4v) is 3.43. The van der Waals surface area contributed by atoms with Crippen LogP contribution in [0.15, 0.2) is 0 Å². The molecule has 2 rings (SSSR count). The van der Waals surface area contributed by atoms with Gasteiger partial charge < -0.3 is 10.2 Å². The molecule has 0 unspecified atom stereocenters. The molecule has 1 aliphatic carbocycles. The molecule has 1 heterocycles. The zero-order chi connectivity index (χ0) is 12.1. The molecule has 0 spiro atoms. The molecule has 2 fully saturated rings. The molecule has 2 heteroatoms. The van der Waals surface area contributed by atoms with E-state index in [4.69, 9.17) is 0 Å². The fourth-order valence-electron chi connectivity index (χ4n) is 3.43. The van der Waals surface area contributed by atoms with Crippen molar-refractivity contribution in [3.05, 3.63) is 0 Å². The summed E-state index contributed by atoms with van der Waals surface area (Å²) in [6.45, 7) is 7.57. The highest BCUT2D eigenvalue weighted by atomic mass is 15.1. The van der Waals surface area contributed by atoms with Crippen molar-refractivity contribution in [2.24, 2.45) is 11.3 Å². The van der Waals surface area contributed by atoms with Gasteiger partial charge in [-0.25, -0.2) is 0 Å². The Labute approximate surface area is 107 Å². The van der Waals surface area contributed by atoms with E-state index in [9.17, 15) is 0 Å². The van der Waals surface area contributed by atoms with Gasteiger partial charge >= 0.3 is 0 Å². The van der Waals surface area contributed by atoms with E-state index in [0.29, 0.717) is 5.41 Å². The van der Waals surface area contributed by atoms with Crippen molar-refractivity contribution < 1.29 is 0 Å². The minimum atomic E-state index is 0.601. The third kappa shape index (κ3) is 4.26. The number of piperidine rings is 1. The van der Waals surface area contributed by atoms with Crippen molar-refractivity contribution in [1.82, 2.24) is 10.2 Å². The summed E-state index contributed by atoms with van der Waals surface area (Å²) in [6.07, 6.45) is 10.0. The predicted molar refractivity (Wildman–Crippen MR) is 74.3 cm³/mol. The molecule has 0 amide bonds. The Hall–Kier alpha value is -0.0800. The Morgan fingerprint density at radius 2 is 1.76 bits per heavy atom. The van der Waals surface area contributed by atoms with Gasteiger partial charge in [0.25, 0.3) is 0 Å². The molecule has 0 atom stereocenters. The molecule has 2 nitrogen and oxygen atoms in total. The van der Waals surface area contributed by atoms with Crippen LogP contribution in [0.4, 0.5) is 0 Å². The van der Waals surface area contributed by atoms with Gasteiger partial charge in [-0.15, -0.1) is 0 Å². The van der Waals surface area contributed by atoms with Gasteiger partial charge in [0.05, 0.1) is 0 Å². The van der Waals surface area contributed by atoms with Crippen molar-refractivity contribution in [3.8, 4) is 0 Å². The highest BCUT2D eigenvalue weighted by Crippen LogP contribution is 2.34. The zero-order valence-electron chi connectivity index (χ0n) is 11.8. The molecule has 0 aromatic carbocycles. The van der Waals surface area contributed by atoms with Gasteiger partial charge in [-0.2, -0.15) is 0 Å². The lowest BCUT2D eigenvalue weighted by Crippen LogP contribution is -2.39. The van der Waals surface area contributed by atoms with Crippen LogP contribution in [0.2, 0.25) is 0 Å². The van der Waals surface area contributed by atoms with E-state index in [1.54, 1.807) is 0 Å². The Balaban J connectivity index is 1.62. The van der Waals surface area contributed by atoms with Gasteiger partial charge in [0.15, 0.2) is 0 Å². The van der Waals surface area contributed by atoms with Gasteiger partial charge in [0.2, 0.25) is 0 Å². The summed E-state index contributed by atoms with van der Waals surface area (Å²) >= 11 is 0. The molecule has 2 aliphatic rings. The highest BCUT2D eigenvalue weighted by molar-refractivity contribution is 4.81. The molecule has 0 radical (unpaired) electrons. The van der Waals surface area contributed by atoms with Crippen molar-refractivity contribution in [2.75, 3.05) is 33.2 Å². The molecule has 0 aromatic heterocycles. The molecule has 1 aliphatic heterocycles. The molecule has 1 saturated carbocycles. The summed E-state index contributed by atoms with van der Waals surface area (Å²) in [4.78, 5) is 2.46. The summed E-state index contributed by atoms with van der Waals surface area (Å²) < 4.78 is 0. The van der Waals surface area contributed by atoms with E-state index in [0.717, 1.165) is 5.92 Å². The number of likely N-dealkylation sites (tertiary alicyclic amines) is 1. The normalized spacial score (nSPS) is 27.2. The molecular formula is C15H30N2. The number of hydrogen-bond donors (Lipinski definition) is 1. The van der Waals surface area contributed by atoms with Crippen LogP contribution in [0.5, 0.6) is 0 Å². The number of rotatable bonds is 4. The van der Waals surface area contributed by atoms with E-state index in [1.807, 2.05) is 0 Å². The van der Waals surface area contributed by atoms with E-state index >= 15 is 0 Å². The van der Waals surface area contributed by atoms with Crippen LogP contribution >= 0.6 is 0 Å². The average Bonchev–Trinajstić information content (AvgIpc) is 2.32. The highest BCUT2D eigenvalue weighted by Gasteiger charge is 2.26. The van der Waals surface area contributed by atoms with E-state index < -0.39 is 0 Å². The van der Waals surface area contributed by atoms with Crippen LogP contribution < -0.4 is 5.32 Å². The second-order valence-corrected chi connectivity index (χ2v) is 6.75. The first-order chi connectivity index (χ1) is 8.18. The van der Waals surface area contributed by atoms with Crippen LogP contribution in [0, 0.1) is 11.3 Å². The Morgan fingerprint density at radius 3 is 2.41 bits per heavy atom. The van der Waals surface area contributed by atoms with Crippen LogP contribution in [-0.4, -0.2) is 38.1 Å². The number of nitrogens with zero attached hydrogens (tertiary/aromatic N) is 1. The number of nitrogens with one attached hydrogen (secondary N) is 1. The quantitative estimate of drug-likeness (QED) is 0.810. The second kappa shape index (κ2) is 6.19. The van der Waals surface area contributed by atoms with Crippen LogP contribution in [0.25, 0.3) is 0 Å². The maximum absolute atomic E-state index is 3.76. The first kappa shape index (κ1) is 13.4. The van der Waals surface area contributed by atoms with E-state index in [2.05, 4.69) is 24.2 Å². The molecule has 0 aromatic rings. The lowest BCUT2D eigenvalue weighted by molar-refractivity contribution is 0.186. The summed E-state index contributed by atoms with van der Waals surface area (Å²) in [7, 11) is 2.24. The SMILES string of the molecule is CN1CCC(CNCC2(C)CCCCC2)CC1. The maximum atomic E-state index is 3.76. The zero-order valence-corrected chi connectivity index (χ0v) is 11.8. The van der Waals surface area contributed by atoms with Gasteiger partial charge in [-0.05, 0) is 63.7 Å². The standard InChI is InChI=1S/C15H30N2/c1-15(8-4-3-5-9-15)13-16-12-14-6-10-17(2)11-7-14/h14,16H,3-13H2,1-2H3. The monoisotopic (exact) mass is 238 g/mol. The molecule has 1 saturated heterocycles. The smallest absolute Gasteiger partial charge is 0.000528 e. The fraction of sp³-hybridized carbons (Fsp3) is 1.00. The molecule has 0 bridgehead atoms. The Morgan fingerprint density at radius 1 is 1.12 bits per heavy atom. The lowest BCUT2D eigenvalue weighted by Gasteiger charge is -2.35. The lowest BCUT2D eigenvalue weighted by atomic mass is 9.75. The summed E-state index contributed by atoms with van der Waals surface area (Å²) in [6, 6.07) is 0. The van der Waals surface area contributed by atoms with Crippen LogP contribution in [0.3, 0.4) is 0 Å². The first-order valence-electron chi connectivity index (χ1n) is 7.57. The average molecular weight is 238 g/mol. The van der Waals surface area contributed by atoms with Crippen molar-refractivity contribution in [3.63, 3.8) is 0 Å². The van der Waals surface area contributed by atoms with Gasteiger partial charge in [0, 0.05) is 6.54 Å². The van der Waals surface area contributed by atoms with Gasteiger partial charge in [-0.3, -0.25) is 0 Å².